The molecule has 45 heavy (non-hydrogen) atoms. The fraction of sp³-hybridized carbons (Fsp3) is 0. The molecule has 0 saturated heterocycles. The van der Waals surface area contributed by atoms with E-state index in [0.717, 1.165) is 16.9 Å². The quantitative estimate of drug-likeness (QED) is 0.192. The average Bonchev–Trinajstić information content (AvgIpc) is 3.54. The van der Waals surface area contributed by atoms with E-state index < -0.39 is 0 Å². The minimum Gasteiger partial charge on any atom is -0.306 e. The molecule has 9 aromatic rings. The van der Waals surface area contributed by atoms with Crippen LogP contribution < -0.4 is 0 Å². The van der Waals surface area contributed by atoms with Gasteiger partial charge >= 0.3 is 0 Å². The number of benzene rings is 7. The van der Waals surface area contributed by atoms with Gasteiger partial charge in [0.25, 0.3) is 0 Å². The first-order valence-corrected chi connectivity index (χ1v) is 15.4. The number of hydrogen-bond donors (Lipinski definition) is 0. The van der Waals surface area contributed by atoms with Gasteiger partial charge in [-0.1, -0.05) is 140 Å². The minimum atomic E-state index is 0.941. The van der Waals surface area contributed by atoms with Crippen molar-refractivity contribution >= 4 is 38.0 Å². The third-order valence-electron chi connectivity index (χ3n) is 9.01. The predicted molar refractivity (Wildman–Crippen MR) is 189 cm³/mol. The van der Waals surface area contributed by atoms with Crippen molar-refractivity contribution in [2.75, 3.05) is 0 Å². The van der Waals surface area contributed by atoms with Crippen LogP contribution in [0.25, 0.3) is 82.6 Å². The average molecular weight is 573 g/mol. The maximum absolute atomic E-state index is 5.00. The number of aromatic nitrogens is 2. The van der Waals surface area contributed by atoms with Crippen LogP contribution in [0.3, 0.4) is 0 Å². The third-order valence-corrected chi connectivity index (χ3v) is 9.01. The van der Waals surface area contributed by atoms with Crippen molar-refractivity contribution in [3.63, 3.8) is 0 Å². The maximum atomic E-state index is 5.00. The number of nitrogens with zero attached hydrogens (tertiary/aromatic N) is 2. The van der Waals surface area contributed by atoms with Crippen LogP contribution in [-0.2, 0) is 0 Å². The molecule has 0 saturated carbocycles. The van der Waals surface area contributed by atoms with E-state index in [4.69, 9.17) is 4.98 Å². The second-order valence-electron chi connectivity index (χ2n) is 11.7. The molecule has 0 atom stereocenters. The van der Waals surface area contributed by atoms with Gasteiger partial charge in [0.15, 0.2) is 0 Å². The van der Waals surface area contributed by atoms with Gasteiger partial charge < -0.3 is 4.40 Å². The number of fused-ring (bicyclic) bond motifs is 4. The zero-order valence-corrected chi connectivity index (χ0v) is 24.6. The molecule has 210 valence electrons. The van der Waals surface area contributed by atoms with Gasteiger partial charge in [-0.2, -0.15) is 0 Å². The standard InChI is InChI=1S/C43H28N2/c1-2-10-29(11-3-1)34-24-25-45-28-40(44-41(45)27-34)31-19-21-32(22-20-31)42-36-14-6-8-16-38(36)43(39-17-9-7-15-37(39)42)35-23-18-30-12-4-5-13-33(30)26-35/h1-28H. The summed E-state index contributed by atoms with van der Waals surface area (Å²) in [6.45, 7) is 0. The second-order valence-corrected chi connectivity index (χ2v) is 11.7. The summed E-state index contributed by atoms with van der Waals surface area (Å²) in [6.07, 6.45) is 4.21. The van der Waals surface area contributed by atoms with Gasteiger partial charge in [-0.15, -0.1) is 0 Å². The smallest absolute Gasteiger partial charge is 0.138 e. The number of pyridine rings is 1. The predicted octanol–water partition coefficient (Wildman–Crippen LogP) is 11.5. The normalized spacial score (nSPS) is 11.6. The van der Waals surface area contributed by atoms with Crippen LogP contribution in [0, 0.1) is 0 Å². The SMILES string of the molecule is c1ccc(-c2ccn3cc(-c4ccc(-c5c6ccccc6c(-c6ccc7ccccc7c6)c6ccccc56)cc4)nc3c2)cc1. The Hall–Kier alpha value is -5.99. The molecule has 2 nitrogen and oxygen atoms in total. The lowest BCUT2D eigenvalue weighted by molar-refractivity contribution is 1.19. The molecule has 0 radical (unpaired) electrons. The molecule has 0 aliphatic rings. The molecule has 0 bridgehead atoms. The molecule has 0 amide bonds. The van der Waals surface area contributed by atoms with Crippen molar-refractivity contribution in [3.8, 4) is 44.6 Å². The first-order valence-electron chi connectivity index (χ1n) is 15.4. The molecule has 0 unspecified atom stereocenters. The Kier molecular flexibility index (Phi) is 5.85. The fourth-order valence-electron chi connectivity index (χ4n) is 6.83. The molecule has 9 rings (SSSR count). The Bertz CT molecular complexity index is 2470. The zero-order valence-electron chi connectivity index (χ0n) is 24.6. The summed E-state index contributed by atoms with van der Waals surface area (Å²) in [7, 11) is 0. The van der Waals surface area contributed by atoms with E-state index in [1.54, 1.807) is 0 Å². The molecule has 2 heterocycles. The van der Waals surface area contributed by atoms with Crippen LogP contribution in [0.15, 0.2) is 170 Å². The van der Waals surface area contributed by atoms with Crippen molar-refractivity contribution in [2.45, 2.75) is 0 Å². The molecular formula is C43H28N2. The van der Waals surface area contributed by atoms with Crippen LogP contribution in [0.1, 0.15) is 0 Å². The maximum Gasteiger partial charge on any atom is 0.138 e. The van der Waals surface area contributed by atoms with E-state index in [-0.39, 0.29) is 0 Å². The highest BCUT2D eigenvalue weighted by molar-refractivity contribution is 6.21. The van der Waals surface area contributed by atoms with Gasteiger partial charge in [0, 0.05) is 18.0 Å². The van der Waals surface area contributed by atoms with Crippen LogP contribution in [0.5, 0.6) is 0 Å². The van der Waals surface area contributed by atoms with Crippen LogP contribution in [-0.4, -0.2) is 9.38 Å². The Labute approximate surface area is 261 Å². The molecule has 7 aromatic carbocycles. The Balaban J connectivity index is 1.17. The summed E-state index contributed by atoms with van der Waals surface area (Å²) in [5, 5.41) is 7.56. The largest absolute Gasteiger partial charge is 0.306 e. The topological polar surface area (TPSA) is 17.3 Å². The summed E-state index contributed by atoms with van der Waals surface area (Å²) >= 11 is 0. The van der Waals surface area contributed by atoms with E-state index in [9.17, 15) is 0 Å². The Morgan fingerprint density at radius 2 is 0.933 bits per heavy atom. The van der Waals surface area contributed by atoms with Crippen molar-refractivity contribution in [3.05, 3.63) is 170 Å². The molecular weight excluding hydrogens is 544 g/mol. The van der Waals surface area contributed by atoms with Crippen molar-refractivity contribution in [2.24, 2.45) is 0 Å². The fourth-order valence-corrected chi connectivity index (χ4v) is 6.83. The van der Waals surface area contributed by atoms with Crippen LogP contribution in [0.4, 0.5) is 0 Å². The van der Waals surface area contributed by atoms with Gasteiger partial charge in [-0.25, -0.2) is 4.98 Å². The van der Waals surface area contributed by atoms with Gasteiger partial charge in [-0.05, 0) is 83.9 Å². The highest BCUT2D eigenvalue weighted by Crippen LogP contribution is 2.44. The number of imidazole rings is 1. The Morgan fingerprint density at radius 3 is 1.62 bits per heavy atom. The van der Waals surface area contributed by atoms with E-state index in [1.807, 2.05) is 6.07 Å². The second kappa shape index (κ2) is 10.3. The van der Waals surface area contributed by atoms with Crippen molar-refractivity contribution in [1.82, 2.24) is 9.38 Å². The Morgan fingerprint density at radius 1 is 0.378 bits per heavy atom. The van der Waals surface area contributed by atoms with Crippen LogP contribution in [0.2, 0.25) is 0 Å². The number of rotatable bonds is 4. The molecule has 0 spiro atoms. The lowest BCUT2D eigenvalue weighted by atomic mass is 9.85. The van der Waals surface area contributed by atoms with Gasteiger partial charge in [0.1, 0.15) is 5.65 Å². The molecule has 2 heteroatoms. The van der Waals surface area contributed by atoms with E-state index in [2.05, 4.69) is 168 Å². The molecule has 0 aliphatic heterocycles. The van der Waals surface area contributed by atoms with E-state index in [1.165, 1.54) is 65.7 Å². The first-order chi connectivity index (χ1) is 22.3. The zero-order chi connectivity index (χ0) is 29.7. The highest BCUT2D eigenvalue weighted by Gasteiger charge is 2.17. The van der Waals surface area contributed by atoms with Gasteiger partial charge in [0.05, 0.1) is 5.69 Å². The van der Waals surface area contributed by atoms with E-state index >= 15 is 0 Å². The summed E-state index contributed by atoms with van der Waals surface area (Å²) in [6, 6.07) is 56.8. The van der Waals surface area contributed by atoms with Gasteiger partial charge in [0.2, 0.25) is 0 Å². The summed E-state index contributed by atoms with van der Waals surface area (Å²) in [5.74, 6) is 0. The first kappa shape index (κ1) is 25.5. The summed E-state index contributed by atoms with van der Waals surface area (Å²) in [5.41, 5.74) is 10.4. The molecule has 0 aliphatic carbocycles. The number of hydrogen-bond acceptors (Lipinski definition) is 1. The molecule has 0 N–H and O–H groups in total. The van der Waals surface area contributed by atoms with Crippen LogP contribution >= 0.6 is 0 Å². The summed E-state index contributed by atoms with van der Waals surface area (Å²) < 4.78 is 2.10. The van der Waals surface area contributed by atoms with E-state index in [0.29, 0.717) is 0 Å². The van der Waals surface area contributed by atoms with Crippen molar-refractivity contribution in [1.29, 1.82) is 0 Å². The monoisotopic (exact) mass is 572 g/mol. The lowest BCUT2D eigenvalue weighted by Crippen LogP contribution is -1.91. The molecule has 2 aromatic heterocycles. The summed E-state index contributed by atoms with van der Waals surface area (Å²) in [4.78, 5) is 5.00. The van der Waals surface area contributed by atoms with Crippen molar-refractivity contribution < 1.29 is 0 Å². The van der Waals surface area contributed by atoms with Gasteiger partial charge in [-0.3, -0.25) is 0 Å². The lowest BCUT2D eigenvalue weighted by Gasteiger charge is -2.18. The molecule has 0 fully saturated rings. The highest BCUT2D eigenvalue weighted by atomic mass is 15.0. The third kappa shape index (κ3) is 4.30. The minimum absolute atomic E-state index is 0.941.